The van der Waals surface area contributed by atoms with Gasteiger partial charge in [-0.05, 0) is 64.4 Å². The first-order valence-corrected chi connectivity index (χ1v) is 10.2. The summed E-state index contributed by atoms with van der Waals surface area (Å²) >= 11 is 0. The number of aromatic nitrogens is 2. The molecule has 0 saturated carbocycles. The zero-order chi connectivity index (χ0) is 19.9. The van der Waals surface area contributed by atoms with Gasteiger partial charge >= 0.3 is 0 Å². The van der Waals surface area contributed by atoms with Crippen LogP contribution in [0.3, 0.4) is 0 Å². The quantitative estimate of drug-likeness (QED) is 0.304. The van der Waals surface area contributed by atoms with E-state index in [4.69, 9.17) is 0 Å². The summed E-state index contributed by atoms with van der Waals surface area (Å²) in [6.45, 7) is 0. The van der Waals surface area contributed by atoms with E-state index in [0.717, 1.165) is 0 Å². The van der Waals surface area contributed by atoms with Crippen molar-refractivity contribution in [1.29, 1.82) is 0 Å². The Balaban J connectivity index is 1.42. The lowest BCUT2D eigenvalue weighted by Gasteiger charge is -2.09. The summed E-state index contributed by atoms with van der Waals surface area (Å²) in [4.78, 5) is 0. The molecule has 0 aliphatic heterocycles. The Hall–Kier alpha value is -4.04. The molecule has 0 amide bonds. The van der Waals surface area contributed by atoms with Crippen LogP contribution in [0.15, 0.2) is 122 Å². The Labute approximate surface area is 175 Å². The third-order valence-corrected chi connectivity index (χ3v) is 5.75. The summed E-state index contributed by atoms with van der Waals surface area (Å²) in [6.07, 6.45) is 6.54. The molecule has 0 atom stereocenters. The van der Waals surface area contributed by atoms with Crippen LogP contribution in [-0.4, -0.2) is 9.13 Å². The van der Waals surface area contributed by atoms with Gasteiger partial charge in [-0.15, -0.1) is 0 Å². The Morgan fingerprint density at radius 2 is 1.23 bits per heavy atom. The second-order valence-corrected chi connectivity index (χ2v) is 7.64. The molecule has 6 aromatic rings. The molecule has 2 heteroatoms. The molecule has 0 bridgehead atoms. The summed E-state index contributed by atoms with van der Waals surface area (Å²) in [5.74, 6) is 0. The third-order valence-electron chi connectivity index (χ3n) is 5.75. The van der Waals surface area contributed by atoms with E-state index in [-0.39, 0.29) is 0 Å². The maximum absolute atomic E-state index is 2.28. The average molecular weight is 384 g/mol. The molecule has 2 nitrogen and oxygen atoms in total. The maximum atomic E-state index is 2.28. The van der Waals surface area contributed by atoms with Crippen LogP contribution in [0.4, 0.5) is 0 Å². The van der Waals surface area contributed by atoms with Gasteiger partial charge in [0.2, 0.25) is 0 Å². The number of benzene rings is 4. The van der Waals surface area contributed by atoms with Crippen LogP contribution in [0.2, 0.25) is 0 Å². The first-order valence-electron chi connectivity index (χ1n) is 10.2. The highest BCUT2D eigenvalue weighted by Gasteiger charge is 2.07. The maximum Gasteiger partial charge on any atom is 0.0528 e. The van der Waals surface area contributed by atoms with E-state index in [2.05, 4.69) is 125 Å². The summed E-state index contributed by atoms with van der Waals surface area (Å²) in [6, 6.07) is 36.6. The summed E-state index contributed by atoms with van der Waals surface area (Å²) in [5.41, 5.74) is 6.03. The molecule has 2 aromatic heterocycles. The fourth-order valence-electron chi connectivity index (χ4n) is 4.21. The lowest BCUT2D eigenvalue weighted by Crippen LogP contribution is -1.92. The minimum absolute atomic E-state index is 1.18. The van der Waals surface area contributed by atoms with Gasteiger partial charge in [-0.3, -0.25) is 0 Å². The van der Waals surface area contributed by atoms with E-state index < -0.39 is 0 Å². The third kappa shape index (κ3) is 2.82. The van der Waals surface area contributed by atoms with Crippen molar-refractivity contribution in [2.24, 2.45) is 0 Å². The Morgan fingerprint density at radius 3 is 2.17 bits per heavy atom. The topological polar surface area (TPSA) is 9.86 Å². The Kier molecular flexibility index (Phi) is 3.82. The minimum Gasteiger partial charge on any atom is -0.323 e. The summed E-state index contributed by atoms with van der Waals surface area (Å²) in [5, 5.41) is 3.75. The molecule has 4 aromatic carbocycles. The van der Waals surface area contributed by atoms with Gasteiger partial charge in [-0.25, -0.2) is 0 Å². The largest absolute Gasteiger partial charge is 0.323 e. The SMILES string of the molecule is c1ccc(-n2cc3ccc(-c4cccc(-n5ccc6ccccc65)c4)cc3c2)cc1. The fourth-order valence-corrected chi connectivity index (χ4v) is 4.21. The van der Waals surface area contributed by atoms with E-state index in [9.17, 15) is 0 Å². The molecule has 0 fully saturated rings. The number of rotatable bonds is 3. The summed E-state index contributed by atoms with van der Waals surface area (Å²) in [7, 11) is 0. The van der Waals surface area contributed by atoms with Crippen LogP contribution < -0.4 is 0 Å². The molecule has 0 saturated heterocycles. The van der Waals surface area contributed by atoms with E-state index in [1.165, 1.54) is 44.2 Å². The molecular weight excluding hydrogens is 364 g/mol. The molecule has 0 unspecified atom stereocenters. The Bertz CT molecular complexity index is 1490. The monoisotopic (exact) mass is 384 g/mol. The molecule has 6 rings (SSSR count). The van der Waals surface area contributed by atoms with Gasteiger partial charge in [-0.2, -0.15) is 0 Å². The van der Waals surface area contributed by atoms with E-state index in [0.29, 0.717) is 0 Å². The minimum atomic E-state index is 1.18. The smallest absolute Gasteiger partial charge is 0.0528 e. The van der Waals surface area contributed by atoms with Crippen LogP contribution >= 0.6 is 0 Å². The molecular formula is C28H20N2. The molecule has 0 N–H and O–H groups in total. The predicted octanol–water partition coefficient (Wildman–Crippen LogP) is 7.24. The highest BCUT2D eigenvalue weighted by molar-refractivity contribution is 5.88. The average Bonchev–Trinajstić information content (AvgIpc) is 3.44. The molecule has 0 aliphatic carbocycles. The van der Waals surface area contributed by atoms with Gasteiger partial charge in [0.15, 0.2) is 0 Å². The first kappa shape index (κ1) is 16.9. The van der Waals surface area contributed by atoms with Crippen molar-refractivity contribution in [2.45, 2.75) is 0 Å². The molecule has 142 valence electrons. The first-order chi connectivity index (χ1) is 14.8. The highest BCUT2D eigenvalue weighted by atomic mass is 15.0. The molecule has 0 radical (unpaired) electrons. The van der Waals surface area contributed by atoms with Gasteiger partial charge in [0.1, 0.15) is 0 Å². The van der Waals surface area contributed by atoms with Crippen LogP contribution in [0.5, 0.6) is 0 Å². The van der Waals surface area contributed by atoms with Crippen molar-refractivity contribution < 1.29 is 0 Å². The zero-order valence-electron chi connectivity index (χ0n) is 16.4. The van der Waals surface area contributed by atoms with Crippen molar-refractivity contribution in [3.8, 4) is 22.5 Å². The van der Waals surface area contributed by atoms with Crippen LogP contribution in [0.1, 0.15) is 0 Å². The number of para-hydroxylation sites is 2. The van der Waals surface area contributed by atoms with E-state index in [1.54, 1.807) is 0 Å². The standard InChI is InChI=1S/C28H20N2/c1-2-9-26(10-3-1)29-19-24-14-13-23(17-25(24)20-29)22-8-6-11-27(18-22)30-16-15-21-7-4-5-12-28(21)30/h1-20H. The van der Waals surface area contributed by atoms with Gasteiger partial charge in [-0.1, -0.05) is 60.7 Å². The van der Waals surface area contributed by atoms with Crippen molar-refractivity contribution >= 4 is 21.7 Å². The zero-order valence-corrected chi connectivity index (χ0v) is 16.4. The normalized spacial score (nSPS) is 11.3. The van der Waals surface area contributed by atoms with Crippen molar-refractivity contribution in [3.63, 3.8) is 0 Å². The fraction of sp³-hybridized carbons (Fsp3) is 0. The van der Waals surface area contributed by atoms with Crippen LogP contribution in [-0.2, 0) is 0 Å². The van der Waals surface area contributed by atoms with Crippen LogP contribution in [0, 0.1) is 0 Å². The van der Waals surface area contributed by atoms with Gasteiger partial charge in [0.25, 0.3) is 0 Å². The number of fused-ring (bicyclic) bond motifs is 2. The number of hydrogen-bond donors (Lipinski definition) is 0. The Morgan fingerprint density at radius 1 is 0.467 bits per heavy atom. The molecule has 0 spiro atoms. The van der Waals surface area contributed by atoms with Gasteiger partial charge in [0, 0.05) is 35.4 Å². The number of nitrogens with zero attached hydrogens (tertiary/aromatic N) is 2. The van der Waals surface area contributed by atoms with Crippen molar-refractivity contribution in [3.05, 3.63) is 122 Å². The molecule has 2 heterocycles. The van der Waals surface area contributed by atoms with Crippen molar-refractivity contribution in [2.75, 3.05) is 0 Å². The predicted molar refractivity (Wildman–Crippen MR) is 126 cm³/mol. The lowest BCUT2D eigenvalue weighted by atomic mass is 10.0. The number of hydrogen-bond acceptors (Lipinski definition) is 0. The van der Waals surface area contributed by atoms with Crippen LogP contribution in [0.25, 0.3) is 44.2 Å². The highest BCUT2D eigenvalue weighted by Crippen LogP contribution is 2.29. The molecule has 30 heavy (non-hydrogen) atoms. The van der Waals surface area contributed by atoms with Crippen molar-refractivity contribution in [1.82, 2.24) is 9.13 Å². The lowest BCUT2D eigenvalue weighted by molar-refractivity contribution is 1.09. The van der Waals surface area contributed by atoms with Gasteiger partial charge in [0.05, 0.1) is 5.52 Å². The second-order valence-electron chi connectivity index (χ2n) is 7.64. The van der Waals surface area contributed by atoms with E-state index in [1.807, 2.05) is 6.07 Å². The van der Waals surface area contributed by atoms with Gasteiger partial charge < -0.3 is 9.13 Å². The molecule has 0 aliphatic rings. The second kappa shape index (κ2) is 6.78. The summed E-state index contributed by atoms with van der Waals surface area (Å²) < 4.78 is 4.44. The van der Waals surface area contributed by atoms with E-state index >= 15 is 0 Å².